The van der Waals surface area contributed by atoms with E-state index in [9.17, 15) is 0 Å². The summed E-state index contributed by atoms with van der Waals surface area (Å²) in [6.07, 6.45) is 2.56. The Hall–Kier alpha value is -1.36. The Morgan fingerprint density at radius 2 is 2.16 bits per heavy atom. The minimum atomic E-state index is -0.00731. The number of rotatable bonds is 4. The van der Waals surface area contributed by atoms with Gasteiger partial charge in [0.05, 0.1) is 6.10 Å². The van der Waals surface area contributed by atoms with E-state index in [4.69, 9.17) is 4.74 Å². The van der Waals surface area contributed by atoms with Gasteiger partial charge in [-0.25, -0.2) is 4.98 Å². The van der Waals surface area contributed by atoms with Gasteiger partial charge in [-0.2, -0.15) is 4.98 Å². The fourth-order valence-corrected chi connectivity index (χ4v) is 2.11. The summed E-state index contributed by atoms with van der Waals surface area (Å²) >= 11 is 0. The van der Waals surface area contributed by atoms with Crippen molar-refractivity contribution in [2.75, 3.05) is 23.8 Å². The molecule has 1 aromatic rings. The van der Waals surface area contributed by atoms with Crippen LogP contribution in [0.4, 0.5) is 11.8 Å². The number of ether oxygens (including phenoxy) is 1. The molecule has 1 fully saturated rings. The molecule has 1 saturated heterocycles. The van der Waals surface area contributed by atoms with E-state index >= 15 is 0 Å². The third-order valence-electron chi connectivity index (χ3n) is 2.87. The normalized spacial score (nSPS) is 19.5. The van der Waals surface area contributed by atoms with Crippen molar-refractivity contribution in [1.82, 2.24) is 9.97 Å². The lowest BCUT2D eigenvalue weighted by Gasteiger charge is -2.22. The summed E-state index contributed by atoms with van der Waals surface area (Å²) in [5, 5.41) is 6.63. The number of hydrogen-bond acceptors (Lipinski definition) is 5. The number of hydrogen-bond donors (Lipinski definition) is 2. The third kappa shape index (κ3) is 4.67. The Bertz CT molecular complexity index is 422. The van der Waals surface area contributed by atoms with Crippen LogP contribution in [0, 0.1) is 6.92 Å². The summed E-state index contributed by atoms with van der Waals surface area (Å²) in [6, 6.07) is 1.96. The standard InChI is InChI=1S/C14H24N4O/c1-10-8-12(18-14(2,3)4)17-13(16-10)15-9-11-6-5-7-19-11/h8,11H,5-7,9H2,1-4H3,(H2,15,16,17,18). The van der Waals surface area contributed by atoms with Gasteiger partial charge in [-0.3, -0.25) is 0 Å². The molecular weight excluding hydrogens is 240 g/mol. The molecule has 106 valence electrons. The molecule has 0 bridgehead atoms. The van der Waals surface area contributed by atoms with Crippen molar-refractivity contribution in [3.63, 3.8) is 0 Å². The van der Waals surface area contributed by atoms with Crippen LogP contribution in [0.1, 0.15) is 39.3 Å². The van der Waals surface area contributed by atoms with Gasteiger partial charge in [0.15, 0.2) is 0 Å². The van der Waals surface area contributed by atoms with E-state index < -0.39 is 0 Å². The van der Waals surface area contributed by atoms with E-state index in [1.54, 1.807) is 0 Å². The summed E-state index contributed by atoms with van der Waals surface area (Å²) in [5.41, 5.74) is 0.948. The minimum Gasteiger partial charge on any atom is -0.376 e. The Labute approximate surface area is 115 Å². The molecule has 1 unspecified atom stereocenters. The average molecular weight is 264 g/mol. The number of anilines is 2. The molecule has 0 saturated carbocycles. The van der Waals surface area contributed by atoms with Gasteiger partial charge in [0.2, 0.25) is 5.95 Å². The maximum atomic E-state index is 5.58. The van der Waals surface area contributed by atoms with Crippen molar-refractivity contribution in [2.45, 2.75) is 52.2 Å². The van der Waals surface area contributed by atoms with Gasteiger partial charge < -0.3 is 15.4 Å². The molecule has 1 atom stereocenters. The molecule has 0 aliphatic carbocycles. The average Bonchev–Trinajstić information content (AvgIpc) is 2.75. The summed E-state index contributed by atoms with van der Waals surface area (Å²) in [6.45, 7) is 9.97. The van der Waals surface area contributed by atoms with E-state index in [0.29, 0.717) is 12.1 Å². The van der Waals surface area contributed by atoms with Crippen molar-refractivity contribution in [2.24, 2.45) is 0 Å². The van der Waals surface area contributed by atoms with Crippen molar-refractivity contribution in [3.8, 4) is 0 Å². The van der Waals surface area contributed by atoms with Crippen LogP contribution in [-0.4, -0.2) is 34.8 Å². The molecule has 0 radical (unpaired) electrons. The fourth-order valence-electron chi connectivity index (χ4n) is 2.11. The van der Waals surface area contributed by atoms with Crippen molar-refractivity contribution in [1.29, 1.82) is 0 Å². The largest absolute Gasteiger partial charge is 0.376 e. The van der Waals surface area contributed by atoms with Crippen LogP contribution in [0.5, 0.6) is 0 Å². The summed E-state index contributed by atoms with van der Waals surface area (Å²) < 4.78 is 5.58. The smallest absolute Gasteiger partial charge is 0.224 e. The molecule has 1 aliphatic rings. The van der Waals surface area contributed by atoms with Gasteiger partial charge in [0.25, 0.3) is 0 Å². The predicted molar refractivity (Wildman–Crippen MR) is 77.6 cm³/mol. The summed E-state index contributed by atoms with van der Waals surface area (Å²) in [4.78, 5) is 8.90. The maximum Gasteiger partial charge on any atom is 0.224 e. The van der Waals surface area contributed by atoms with Crippen LogP contribution in [0.15, 0.2) is 6.07 Å². The molecule has 19 heavy (non-hydrogen) atoms. The fraction of sp³-hybridized carbons (Fsp3) is 0.714. The summed E-state index contributed by atoms with van der Waals surface area (Å²) in [7, 11) is 0. The molecule has 5 heteroatoms. The highest BCUT2D eigenvalue weighted by atomic mass is 16.5. The van der Waals surface area contributed by atoms with Gasteiger partial charge in [0, 0.05) is 30.5 Å². The molecule has 0 aromatic carbocycles. The first-order valence-corrected chi connectivity index (χ1v) is 6.92. The SMILES string of the molecule is Cc1cc(NC(C)(C)C)nc(NCC2CCCO2)n1. The Kier molecular flexibility index (Phi) is 4.24. The first-order valence-electron chi connectivity index (χ1n) is 6.92. The highest BCUT2D eigenvalue weighted by molar-refractivity contribution is 5.43. The molecule has 0 amide bonds. The van der Waals surface area contributed by atoms with Crippen molar-refractivity contribution in [3.05, 3.63) is 11.8 Å². The highest BCUT2D eigenvalue weighted by Gasteiger charge is 2.16. The van der Waals surface area contributed by atoms with Gasteiger partial charge in [-0.1, -0.05) is 0 Å². The van der Waals surface area contributed by atoms with Gasteiger partial charge in [-0.05, 0) is 40.5 Å². The van der Waals surface area contributed by atoms with Gasteiger partial charge in [0.1, 0.15) is 5.82 Å². The van der Waals surface area contributed by atoms with Crippen LogP contribution >= 0.6 is 0 Å². The Morgan fingerprint density at radius 1 is 1.37 bits per heavy atom. The summed E-state index contributed by atoms with van der Waals surface area (Å²) in [5.74, 6) is 1.53. The Balaban J connectivity index is 1.99. The monoisotopic (exact) mass is 264 g/mol. The number of nitrogens with zero attached hydrogens (tertiary/aromatic N) is 2. The van der Waals surface area contributed by atoms with Gasteiger partial charge >= 0.3 is 0 Å². The van der Waals surface area contributed by atoms with Crippen LogP contribution in [0.25, 0.3) is 0 Å². The molecule has 1 aliphatic heterocycles. The maximum absolute atomic E-state index is 5.58. The van der Waals surface area contributed by atoms with E-state index in [1.807, 2.05) is 13.0 Å². The van der Waals surface area contributed by atoms with E-state index in [-0.39, 0.29) is 5.54 Å². The van der Waals surface area contributed by atoms with Crippen LogP contribution < -0.4 is 10.6 Å². The zero-order valence-electron chi connectivity index (χ0n) is 12.3. The second-order valence-electron chi connectivity index (χ2n) is 6.11. The second kappa shape index (κ2) is 5.74. The van der Waals surface area contributed by atoms with Gasteiger partial charge in [-0.15, -0.1) is 0 Å². The first kappa shape index (κ1) is 14.1. The zero-order chi connectivity index (χ0) is 13.9. The number of aromatic nitrogens is 2. The molecule has 2 heterocycles. The third-order valence-corrected chi connectivity index (χ3v) is 2.87. The molecule has 2 N–H and O–H groups in total. The lowest BCUT2D eigenvalue weighted by atomic mass is 10.1. The molecule has 1 aromatic heterocycles. The minimum absolute atomic E-state index is 0.00731. The van der Waals surface area contributed by atoms with Crippen molar-refractivity contribution < 1.29 is 4.74 Å². The first-order chi connectivity index (χ1) is 8.92. The van der Waals surface area contributed by atoms with Crippen LogP contribution in [-0.2, 0) is 4.74 Å². The quantitative estimate of drug-likeness (QED) is 0.875. The Morgan fingerprint density at radius 3 is 2.79 bits per heavy atom. The molecular formula is C14H24N4O. The second-order valence-corrected chi connectivity index (χ2v) is 6.11. The van der Waals surface area contributed by atoms with Crippen molar-refractivity contribution >= 4 is 11.8 Å². The lowest BCUT2D eigenvalue weighted by molar-refractivity contribution is 0.120. The lowest BCUT2D eigenvalue weighted by Crippen LogP contribution is -2.27. The van der Waals surface area contributed by atoms with E-state index in [1.165, 1.54) is 0 Å². The van der Waals surface area contributed by atoms with E-state index in [2.05, 4.69) is 41.4 Å². The molecule has 0 spiro atoms. The zero-order valence-corrected chi connectivity index (χ0v) is 12.3. The van der Waals surface area contributed by atoms with E-state index in [0.717, 1.165) is 37.5 Å². The van der Waals surface area contributed by atoms with Crippen LogP contribution in [0.2, 0.25) is 0 Å². The molecule has 5 nitrogen and oxygen atoms in total. The number of aryl methyl sites for hydroxylation is 1. The molecule has 2 rings (SSSR count). The number of nitrogens with one attached hydrogen (secondary N) is 2. The topological polar surface area (TPSA) is 59.1 Å². The highest BCUT2D eigenvalue weighted by Crippen LogP contribution is 2.16. The predicted octanol–water partition coefficient (Wildman–Crippen LogP) is 2.59. The van der Waals surface area contributed by atoms with Crippen LogP contribution in [0.3, 0.4) is 0 Å².